The summed E-state index contributed by atoms with van der Waals surface area (Å²) in [5.74, 6) is -1.01. The number of carbonyl (C=O) groups excluding carboxylic acids is 1. The van der Waals surface area contributed by atoms with Gasteiger partial charge in [0.15, 0.2) is 5.65 Å². The number of aromatic amines is 2. The molecule has 5 rings (SSSR count). The van der Waals surface area contributed by atoms with Crippen molar-refractivity contribution in [1.29, 1.82) is 0 Å². The molecule has 0 saturated carbocycles. The number of hydrogen-bond donors (Lipinski definition) is 4. The van der Waals surface area contributed by atoms with Crippen molar-refractivity contribution in [2.45, 2.75) is 6.04 Å². The molecular weight excluding hydrogens is 457 g/mol. The van der Waals surface area contributed by atoms with E-state index in [0.717, 1.165) is 16.5 Å². The standard InChI is InChI=1S/C25H19ClFN5O2/c26-19-9-15(6-7-20(19)27)22(13-33)30-25(34)21-10-17(12-28-21)23-18-8-16(11-29-24(18)32-31-23)14-4-2-1-3-5-14/h1-12,22,28,33H,13H2,(H,30,34)(H,29,31,32)/t22-/m1/s1. The molecule has 3 heterocycles. The van der Waals surface area contributed by atoms with E-state index in [2.05, 4.69) is 25.5 Å². The molecule has 9 heteroatoms. The minimum Gasteiger partial charge on any atom is -0.394 e. The average molecular weight is 476 g/mol. The molecule has 0 saturated heterocycles. The molecule has 0 aliphatic carbocycles. The highest BCUT2D eigenvalue weighted by atomic mass is 35.5. The van der Waals surface area contributed by atoms with Gasteiger partial charge in [0.1, 0.15) is 17.2 Å². The van der Waals surface area contributed by atoms with E-state index >= 15 is 0 Å². The number of aliphatic hydroxyl groups is 1. The van der Waals surface area contributed by atoms with E-state index in [9.17, 15) is 14.3 Å². The van der Waals surface area contributed by atoms with Crippen LogP contribution in [0, 0.1) is 5.82 Å². The molecule has 3 aromatic heterocycles. The Morgan fingerprint density at radius 1 is 1.09 bits per heavy atom. The van der Waals surface area contributed by atoms with Crippen molar-refractivity contribution in [1.82, 2.24) is 25.5 Å². The monoisotopic (exact) mass is 475 g/mol. The van der Waals surface area contributed by atoms with Crippen LogP contribution in [0.2, 0.25) is 5.02 Å². The van der Waals surface area contributed by atoms with Gasteiger partial charge in [-0.3, -0.25) is 9.89 Å². The van der Waals surface area contributed by atoms with Crippen LogP contribution in [0.1, 0.15) is 22.1 Å². The van der Waals surface area contributed by atoms with Gasteiger partial charge in [0.2, 0.25) is 0 Å². The van der Waals surface area contributed by atoms with E-state index in [0.29, 0.717) is 22.5 Å². The highest BCUT2D eigenvalue weighted by molar-refractivity contribution is 6.30. The van der Waals surface area contributed by atoms with Crippen LogP contribution in [0.15, 0.2) is 73.1 Å². The van der Waals surface area contributed by atoms with E-state index in [1.807, 2.05) is 36.4 Å². The van der Waals surface area contributed by atoms with Crippen molar-refractivity contribution >= 4 is 28.5 Å². The van der Waals surface area contributed by atoms with Crippen LogP contribution in [-0.4, -0.2) is 37.8 Å². The van der Waals surface area contributed by atoms with Crippen LogP contribution in [0.3, 0.4) is 0 Å². The number of amides is 1. The highest BCUT2D eigenvalue weighted by Crippen LogP contribution is 2.30. The van der Waals surface area contributed by atoms with E-state index < -0.39 is 17.8 Å². The summed E-state index contributed by atoms with van der Waals surface area (Å²) >= 11 is 5.84. The van der Waals surface area contributed by atoms with Gasteiger partial charge in [-0.1, -0.05) is 48.0 Å². The summed E-state index contributed by atoms with van der Waals surface area (Å²) in [6, 6.07) is 16.9. The third-order valence-corrected chi connectivity index (χ3v) is 5.85. The summed E-state index contributed by atoms with van der Waals surface area (Å²) < 4.78 is 13.5. The van der Waals surface area contributed by atoms with Crippen molar-refractivity contribution in [2.24, 2.45) is 0 Å². The lowest BCUT2D eigenvalue weighted by Gasteiger charge is -2.16. The number of carbonyl (C=O) groups is 1. The number of fused-ring (bicyclic) bond motifs is 1. The van der Waals surface area contributed by atoms with Crippen LogP contribution < -0.4 is 5.32 Å². The zero-order valence-corrected chi connectivity index (χ0v) is 18.5. The number of H-pyrrole nitrogens is 2. The maximum atomic E-state index is 13.5. The first-order valence-corrected chi connectivity index (χ1v) is 10.9. The largest absolute Gasteiger partial charge is 0.394 e. The van der Waals surface area contributed by atoms with Crippen molar-refractivity contribution in [3.8, 4) is 22.4 Å². The fourth-order valence-corrected chi connectivity index (χ4v) is 3.96. The summed E-state index contributed by atoms with van der Waals surface area (Å²) in [5, 5.41) is 20.5. The molecule has 0 radical (unpaired) electrons. The van der Waals surface area contributed by atoms with E-state index in [-0.39, 0.29) is 17.3 Å². The van der Waals surface area contributed by atoms with Gasteiger partial charge in [-0.05, 0) is 35.4 Å². The average Bonchev–Trinajstić information content (AvgIpc) is 3.51. The van der Waals surface area contributed by atoms with Crippen LogP contribution in [0.4, 0.5) is 4.39 Å². The van der Waals surface area contributed by atoms with Crippen molar-refractivity contribution < 1.29 is 14.3 Å². The summed E-state index contributed by atoms with van der Waals surface area (Å²) in [7, 11) is 0. The lowest BCUT2D eigenvalue weighted by molar-refractivity contribution is 0.0911. The van der Waals surface area contributed by atoms with Crippen LogP contribution in [-0.2, 0) is 0 Å². The second kappa shape index (κ2) is 9.09. The molecule has 0 aliphatic heterocycles. The van der Waals surface area contributed by atoms with Crippen molar-refractivity contribution in [3.63, 3.8) is 0 Å². The topological polar surface area (TPSA) is 107 Å². The molecule has 7 nitrogen and oxygen atoms in total. The van der Waals surface area contributed by atoms with Gasteiger partial charge in [-0.2, -0.15) is 5.10 Å². The Labute approximate surface area is 198 Å². The fraction of sp³-hybridized carbons (Fsp3) is 0.0800. The minimum absolute atomic E-state index is 0.0822. The van der Waals surface area contributed by atoms with E-state index in [1.165, 1.54) is 18.2 Å². The second-order valence-electron chi connectivity index (χ2n) is 7.74. The van der Waals surface area contributed by atoms with Crippen LogP contribution in [0.25, 0.3) is 33.4 Å². The second-order valence-corrected chi connectivity index (χ2v) is 8.15. The minimum atomic E-state index is -0.749. The number of aromatic nitrogens is 4. The Morgan fingerprint density at radius 3 is 2.68 bits per heavy atom. The first kappa shape index (κ1) is 21.8. The van der Waals surface area contributed by atoms with Gasteiger partial charge in [0.05, 0.1) is 17.7 Å². The zero-order chi connectivity index (χ0) is 23.7. The Balaban J connectivity index is 1.41. The molecule has 34 heavy (non-hydrogen) atoms. The highest BCUT2D eigenvalue weighted by Gasteiger charge is 2.19. The van der Waals surface area contributed by atoms with Crippen molar-refractivity contribution in [2.75, 3.05) is 6.61 Å². The molecule has 0 aliphatic rings. The molecule has 5 aromatic rings. The summed E-state index contributed by atoms with van der Waals surface area (Å²) in [6.45, 7) is -0.376. The normalized spacial score (nSPS) is 12.1. The van der Waals surface area contributed by atoms with Crippen LogP contribution >= 0.6 is 11.6 Å². The van der Waals surface area contributed by atoms with Crippen LogP contribution in [0.5, 0.6) is 0 Å². The fourth-order valence-electron chi connectivity index (χ4n) is 3.77. The molecule has 0 spiro atoms. The van der Waals surface area contributed by atoms with E-state index in [1.54, 1.807) is 18.5 Å². The molecule has 1 amide bonds. The maximum absolute atomic E-state index is 13.5. The zero-order valence-electron chi connectivity index (χ0n) is 17.7. The molecule has 0 fully saturated rings. The van der Waals surface area contributed by atoms with E-state index in [4.69, 9.17) is 11.6 Å². The number of pyridine rings is 1. The predicted molar refractivity (Wildman–Crippen MR) is 128 cm³/mol. The number of rotatable bonds is 6. The lowest BCUT2D eigenvalue weighted by Crippen LogP contribution is -2.31. The number of halogens is 2. The molecule has 0 unspecified atom stereocenters. The Morgan fingerprint density at radius 2 is 1.91 bits per heavy atom. The Hall–Kier alpha value is -4.01. The third kappa shape index (κ3) is 4.16. The van der Waals surface area contributed by atoms with Gasteiger partial charge in [0, 0.05) is 28.9 Å². The SMILES string of the molecule is O=C(N[C@H](CO)c1ccc(F)c(Cl)c1)c1cc(-c2n[nH]c3ncc(-c4ccccc4)cc23)c[nH]1. The molecule has 1 atom stereocenters. The third-order valence-electron chi connectivity index (χ3n) is 5.56. The van der Waals surface area contributed by atoms with Gasteiger partial charge < -0.3 is 15.4 Å². The smallest absolute Gasteiger partial charge is 0.268 e. The number of nitrogens with one attached hydrogen (secondary N) is 3. The van der Waals surface area contributed by atoms with Crippen molar-refractivity contribution in [3.05, 3.63) is 95.2 Å². The van der Waals surface area contributed by atoms with Gasteiger partial charge in [-0.15, -0.1) is 0 Å². The number of benzene rings is 2. The summed E-state index contributed by atoms with van der Waals surface area (Å²) in [6.07, 6.45) is 3.47. The molecule has 4 N–H and O–H groups in total. The predicted octanol–water partition coefficient (Wildman–Crippen LogP) is 4.88. The number of aliphatic hydroxyl groups excluding tert-OH is 1. The Bertz CT molecular complexity index is 1480. The number of nitrogens with zero attached hydrogens (tertiary/aromatic N) is 2. The summed E-state index contributed by atoms with van der Waals surface area (Å²) in [4.78, 5) is 20.2. The Kier molecular flexibility index (Phi) is 5.83. The van der Waals surface area contributed by atoms with Gasteiger partial charge in [-0.25, -0.2) is 9.37 Å². The van der Waals surface area contributed by atoms with Gasteiger partial charge >= 0.3 is 0 Å². The molecule has 2 aromatic carbocycles. The quantitative estimate of drug-likeness (QED) is 0.281. The molecule has 0 bridgehead atoms. The molecule has 170 valence electrons. The first-order chi connectivity index (χ1) is 16.5. The number of hydrogen-bond acceptors (Lipinski definition) is 4. The first-order valence-electron chi connectivity index (χ1n) is 10.5. The maximum Gasteiger partial charge on any atom is 0.268 e. The summed E-state index contributed by atoms with van der Waals surface area (Å²) in [5.41, 5.74) is 4.75. The molecular formula is C25H19ClFN5O2. The lowest BCUT2D eigenvalue weighted by atomic mass is 10.1. The van der Waals surface area contributed by atoms with Gasteiger partial charge in [0.25, 0.3) is 5.91 Å².